The number of hydrogen-bond donors (Lipinski definition) is 1. The molecule has 1 fully saturated rings. The Balaban J connectivity index is 1.52. The molecule has 0 amide bonds. The number of piperidine rings is 1. The van der Waals surface area contributed by atoms with Crippen molar-refractivity contribution in [2.45, 2.75) is 38.7 Å². The van der Waals surface area contributed by atoms with Crippen LogP contribution in [0.1, 0.15) is 24.5 Å². The lowest BCUT2D eigenvalue weighted by molar-refractivity contribution is -0.137. The number of aromatic nitrogens is 3. The summed E-state index contributed by atoms with van der Waals surface area (Å²) in [6.45, 7) is 3.43. The van der Waals surface area contributed by atoms with E-state index in [9.17, 15) is 23.1 Å². The monoisotopic (exact) mass is 493 g/mol. The molecule has 35 heavy (non-hydrogen) atoms. The minimum absolute atomic E-state index is 0.0405. The summed E-state index contributed by atoms with van der Waals surface area (Å²) in [6.07, 6.45) is -1.76. The molecule has 0 radical (unpaired) electrons. The summed E-state index contributed by atoms with van der Waals surface area (Å²) in [6, 6.07) is 4.81. The molecule has 2 aromatic heterocycles. The van der Waals surface area contributed by atoms with Crippen molar-refractivity contribution in [1.29, 1.82) is 0 Å². The van der Waals surface area contributed by atoms with Crippen LogP contribution in [0.25, 0.3) is 11.0 Å². The van der Waals surface area contributed by atoms with E-state index in [1.165, 1.54) is 31.6 Å². The van der Waals surface area contributed by atoms with E-state index in [2.05, 4.69) is 9.97 Å². The number of hydrogen-bond acceptors (Lipinski definition) is 6. The molecule has 0 saturated carbocycles. The number of ketones is 1. The minimum Gasteiger partial charge on any atom is -0.391 e. The Labute approximate surface area is 200 Å². The molecule has 0 bridgehead atoms. The summed E-state index contributed by atoms with van der Waals surface area (Å²) in [5.74, 6) is -0.281. The van der Waals surface area contributed by atoms with Gasteiger partial charge in [0.1, 0.15) is 23.6 Å². The number of aliphatic hydroxyl groups is 1. The molecule has 11 heteroatoms. The third-order valence-corrected chi connectivity index (χ3v) is 6.33. The largest absolute Gasteiger partial charge is 0.416 e. The second-order valence-corrected chi connectivity index (χ2v) is 9.13. The molecule has 1 aliphatic rings. The molecule has 2 unspecified atom stereocenters. The maximum absolute atomic E-state index is 15.0. The van der Waals surface area contributed by atoms with Crippen LogP contribution in [0.4, 0.5) is 23.4 Å². The summed E-state index contributed by atoms with van der Waals surface area (Å²) >= 11 is 0. The first-order valence-electron chi connectivity index (χ1n) is 11.3. The fraction of sp³-hybridized carbons (Fsp3) is 0.458. The predicted molar refractivity (Wildman–Crippen MR) is 122 cm³/mol. The van der Waals surface area contributed by atoms with E-state index in [1.807, 2.05) is 4.90 Å². The number of anilines is 1. The Morgan fingerprint density at radius 1 is 1.23 bits per heavy atom. The van der Waals surface area contributed by atoms with Gasteiger partial charge in [-0.2, -0.15) is 13.2 Å². The van der Waals surface area contributed by atoms with Crippen LogP contribution in [-0.4, -0.2) is 63.1 Å². The molecule has 3 aromatic rings. The average Bonchev–Trinajstić information content (AvgIpc) is 3.10. The van der Waals surface area contributed by atoms with Gasteiger partial charge in [-0.25, -0.2) is 14.4 Å². The van der Waals surface area contributed by atoms with Gasteiger partial charge in [-0.1, -0.05) is 12.1 Å². The van der Waals surface area contributed by atoms with Crippen LogP contribution in [0.2, 0.25) is 0 Å². The SMILES string of the molecule is CC(=O)CN1CCC(Cn2cc(F)c3c(N(C)Cc4ccc(C(F)(F)F)cc4)ncnc32)C(O)C1. The van der Waals surface area contributed by atoms with Crippen LogP contribution in [0, 0.1) is 11.7 Å². The van der Waals surface area contributed by atoms with Crippen molar-refractivity contribution in [3.63, 3.8) is 0 Å². The van der Waals surface area contributed by atoms with Crippen LogP contribution >= 0.6 is 0 Å². The lowest BCUT2D eigenvalue weighted by Crippen LogP contribution is -2.46. The quantitative estimate of drug-likeness (QED) is 0.508. The summed E-state index contributed by atoms with van der Waals surface area (Å²) in [4.78, 5) is 23.4. The van der Waals surface area contributed by atoms with Gasteiger partial charge in [0.05, 0.1) is 23.6 Å². The zero-order valence-electron chi connectivity index (χ0n) is 19.5. The first-order chi connectivity index (χ1) is 16.5. The third kappa shape index (κ3) is 5.62. The molecular weight excluding hydrogens is 466 g/mol. The first kappa shape index (κ1) is 25.1. The highest BCUT2D eigenvalue weighted by molar-refractivity contribution is 5.88. The van der Waals surface area contributed by atoms with Crippen LogP contribution in [0.15, 0.2) is 36.8 Å². The number of likely N-dealkylation sites (tertiary alicyclic amines) is 1. The molecule has 7 nitrogen and oxygen atoms in total. The van der Waals surface area contributed by atoms with Gasteiger partial charge in [0.15, 0.2) is 5.82 Å². The van der Waals surface area contributed by atoms with Gasteiger partial charge >= 0.3 is 6.18 Å². The van der Waals surface area contributed by atoms with Crippen LogP contribution in [-0.2, 0) is 24.1 Å². The Hall–Kier alpha value is -3.05. The van der Waals surface area contributed by atoms with E-state index in [4.69, 9.17) is 0 Å². The molecule has 4 rings (SSSR count). The fourth-order valence-electron chi connectivity index (χ4n) is 4.61. The second kappa shape index (κ2) is 9.90. The lowest BCUT2D eigenvalue weighted by atomic mass is 9.93. The molecule has 1 aliphatic heterocycles. The standard InChI is InChI=1S/C24H27F4N5O2/c1-15(34)9-32-8-7-17(20(35)13-32)11-33-12-19(25)21-22(29-14-30-23(21)33)31(2)10-16-3-5-18(6-4-16)24(26,27)28/h3-6,12,14,17,20,35H,7-11,13H2,1-2H3. The minimum atomic E-state index is -4.41. The summed E-state index contributed by atoms with van der Waals surface area (Å²) in [5, 5.41) is 10.8. The lowest BCUT2D eigenvalue weighted by Gasteiger charge is -2.35. The van der Waals surface area contributed by atoms with E-state index >= 15 is 4.39 Å². The van der Waals surface area contributed by atoms with E-state index in [0.717, 1.165) is 12.1 Å². The maximum Gasteiger partial charge on any atom is 0.416 e. The Morgan fingerprint density at radius 2 is 1.94 bits per heavy atom. The first-order valence-corrected chi connectivity index (χ1v) is 11.3. The number of aliphatic hydroxyl groups excluding tert-OH is 1. The molecule has 1 aromatic carbocycles. The van der Waals surface area contributed by atoms with Crippen molar-refractivity contribution in [1.82, 2.24) is 19.4 Å². The molecule has 3 heterocycles. The maximum atomic E-state index is 15.0. The average molecular weight is 494 g/mol. The van der Waals surface area contributed by atoms with E-state index in [1.54, 1.807) is 16.5 Å². The topological polar surface area (TPSA) is 74.5 Å². The number of carbonyl (C=O) groups excluding carboxylic acids is 1. The van der Waals surface area contributed by atoms with Gasteiger partial charge in [0.25, 0.3) is 0 Å². The zero-order valence-corrected chi connectivity index (χ0v) is 19.5. The van der Waals surface area contributed by atoms with Gasteiger partial charge in [-0.05, 0) is 37.6 Å². The molecule has 0 spiro atoms. The van der Waals surface area contributed by atoms with E-state index in [0.29, 0.717) is 49.6 Å². The van der Waals surface area contributed by atoms with Crippen molar-refractivity contribution in [2.24, 2.45) is 5.92 Å². The number of rotatable bonds is 7. The van der Waals surface area contributed by atoms with E-state index in [-0.39, 0.29) is 23.6 Å². The van der Waals surface area contributed by atoms with E-state index < -0.39 is 23.7 Å². The molecule has 0 aliphatic carbocycles. The van der Waals surface area contributed by atoms with Crippen molar-refractivity contribution < 1.29 is 27.5 Å². The number of halogens is 4. The second-order valence-electron chi connectivity index (χ2n) is 9.13. The molecule has 188 valence electrons. The molecule has 1 saturated heterocycles. The number of alkyl halides is 3. The highest BCUT2D eigenvalue weighted by Gasteiger charge is 2.31. The van der Waals surface area contributed by atoms with Gasteiger partial charge in [-0.3, -0.25) is 9.69 Å². The normalized spacial score (nSPS) is 19.3. The number of benzene rings is 1. The van der Waals surface area contributed by atoms with Crippen molar-refractivity contribution in [2.75, 3.05) is 31.6 Å². The summed E-state index contributed by atoms with van der Waals surface area (Å²) in [7, 11) is 1.69. The van der Waals surface area contributed by atoms with Crippen molar-refractivity contribution >= 4 is 22.6 Å². The zero-order chi connectivity index (χ0) is 25.3. The Kier molecular flexibility index (Phi) is 7.09. The molecule has 1 N–H and O–H groups in total. The van der Waals surface area contributed by atoms with Gasteiger partial charge in [-0.15, -0.1) is 0 Å². The summed E-state index contributed by atoms with van der Waals surface area (Å²) < 4.78 is 55.2. The van der Waals surface area contributed by atoms with Crippen LogP contribution in [0.3, 0.4) is 0 Å². The van der Waals surface area contributed by atoms with Crippen molar-refractivity contribution in [3.05, 3.63) is 53.7 Å². The van der Waals surface area contributed by atoms with Gasteiger partial charge < -0.3 is 14.6 Å². The molecular formula is C24H27F4N5O2. The fourth-order valence-corrected chi connectivity index (χ4v) is 4.61. The highest BCUT2D eigenvalue weighted by atomic mass is 19.4. The summed E-state index contributed by atoms with van der Waals surface area (Å²) in [5.41, 5.74) is 0.267. The third-order valence-electron chi connectivity index (χ3n) is 6.33. The Bertz CT molecular complexity index is 1200. The number of β-amino-alcohol motifs (C(OH)–C–C–N with tert-alkyl or cyclic N) is 1. The van der Waals surface area contributed by atoms with Gasteiger partial charge in [0.2, 0.25) is 0 Å². The highest BCUT2D eigenvalue weighted by Crippen LogP contribution is 2.31. The number of carbonyl (C=O) groups is 1. The predicted octanol–water partition coefficient (Wildman–Crippen LogP) is 3.50. The number of fused-ring (bicyclic) bond motifs is 1. The van der Waals surface area contributed by atoms with Gasteiger partial charge in [0, 0.05) is 38.8 Å². The van der Waals surface area contributed by atoms with Crippen molar-refractivity contribution in [3.8, 4) is 0 Å². The van der Waals surface area contributed by atoms with Crippen LogP contribution < -0.4 is 4.90 Å². The number of Topliss-reactive ketones (excluding diaryl/α,β-unsaturated/α-hetero) is 1. The van der Waals surface area contributed by atoms with Crippen LogP contribution in [0.5, 0.6) is 0 Å². The number of nitrogens with zero attached hydrogens (tertiary/aromatic N) is 5. The Morgan fingerprint density at radius 3 is 2.57 bits per heavy atom. The smallest absolute Gasteiger partial charge is 0.391 e. The molecule has 2 atom stereocenters.